The topological polar surface area (TPSA) is 456 Å². The Morgan fingerprint density at radius 3 is 1.85 bits per heavy atom. The molecule has 1 saturated heterocycles. The first-order valence-electron chi connectivity index (χ1n) is 26.8. The molecule has 1 saturated carbocycles. The minimum Gasteiger partial charge on any atom is -0.508 e. The van der Waals surface area contributed by atoms with E-state index in [1.165, 1.54) is 66.3 Å². The van der Waals surface area contributed by atoms with E-state index in [0.717, 1.165) is 0 Å². The number of primary amides is 3. The zero-order valence-electron chi connectivity index (χ0n) is 47.1. The third-order valence-electron chi connectivity index (χ3n) is 12.6. The van der Waals surface area contributed by atoms with Gasteiger partial charge >= 0.3 is 5.69 Å². The lowest BCUT2D eigenvalue weighted by atomic mass is 9.96. The fraction of sp³-hybridized carbons (Fsp3) is 0.585. The summed E-state index contributed by atoms with van der Waals surface area (Å²) >= 11 is 9.55. The highest BCUT2D eigenvalue weighted by molar-refractivity contribution is 7.98. The second-order valence-corrected chi connectivity index (χ2v) is 21.6. The summed E-state index contributed by atoms with van der Waals surface area (Å²) in [6, 6.07) is -1.85. The summed E-state index contributed by atoms with van der Waals surface area (Å²) in [5, 5.41) is 38.0. The Balaban J connectivity index is 0.00000204. The van der Waals surface area contributed by atoms with Gasteiger partial charge in [0.25, 0.3) is 0 Å². The van der Waals surface area contributed by atoms with Crippen LogP contribution in [0.3, 0.4) is 0 Å². The zero-order valence-corrected chi connectivity index (χ0v) is 49.7. The minimum absolute atomic E-state index is 0. The quantitative estimate of drug-likeness (QED) is 0.0193. The Bertz CT molecular complexity index is 2560. The van der Waals surface area contributed by atoms with Gasteiger partial charge in [0.05, 0.1) is 23.9 Å². The number of carbonyl (C=O) groups is 11. The number of thiol groups is 2. The summed E-state index contributed by atoms with van der Waals surface area (Å²) in [4.78, 5) is 159. The first-order chi connectivity index (χ1) is 39.2. The van der Waals surface area contributed by atoms with Crippen LogP contribution >= 0.6 is 37.0 Å². The third kappa shape index (κ3) is 27.0. The molecule has 2 fully saturated rings. The summed E-state index contributed by atoms with van der Waals surface area (Å²) in [5.41, 5.74) is 22.4. The maximum Gasteiger partial charge on any atom is 0.301 e. The van der Waals surface area contributed by atoms with E-state index in [0.29, 0.717) is 23.4 Å². The lowest BCUT2D eigenvalue weighted by Crippen LogP contribution is -2.61. The number of carbonyl (C=O) groups excluding carboxylic acids is 11. The molecular formula is C53H84N14O14S3. The highest BCUT2D eigenvalue weighted by Gasteiger charge is 2.40. The van der Waals surface area contributed by atoms with Gasteiger partial charge in [-0.05, 0) is 67.5 Å². The van der Waals surface area contributed by atoms with Crippen molar-refractivity contribution in [1.29, 1.82) is 0 Å². The van der Waals surface area contributed by atoms with E-state index in [2.05, 4.69) is 67.5 Å². The second kappa shape index (κ2) is 38.6. The number of phenolic OH excluding ortho intramolecular Hbond substituents is 1. The molecule has 2 aromatic rings. The SMILES string of the molecule is C.C1CC1.CC[C@H](C)[C@H](NC(=O)C(Cc1ccc(O)cc1)NC(=O)[C@@H](N)CS)C(=O)NC(CCC(N)=O)C(=O)N[C@@H](CC(N)=O)C(=O)NC(CS)C(=O)N1CCC[C@H]1C(=O)N[C@@H](CC(C)C)C(=O)NCC(N)=O.CSc1ncccc1[N+](=O)[O-]. The molecule has 84 heavy (non-hydrogen) atoms. The Kier molecular flexibility index (Phi) is 34.3. The number of likely N-dealkylation sites (tertiary alicyclic amines) is 1. The van der Waals surface area contributed by atoms with Crippen molar-refractivity contribution in [3.05, 3.63) is 58.3 Å². The molecule has 4 rings (SSSR count). The van der Waals surface area contributed by atoms with E-state index in [1.54, 1.807) is 32.4 Å². The average Bonchev–Trinajstić information content (AvgIpc) is 4.45. The zero-order chi connectivity index (χ0) is 62.5. The Hall–Kier alpha value is -7.25. The van der Waals surface area contributed by atoms with Crippen molar-refractivity contribution >= 4 is 108 Å². The predicted molar refractivity (Wildman–Crippen MR) is 320 cm³/mol. The smallest absolute Gasteiger partial charge is 0.301 e. The molecule has 1 aliphatic heterocycles. The highest BCUT2D eigenvalue weighted by Crippen LogP contribution is 2.24. The number of pyridine rings is 1. The molecule has 2 heterocycles. The van der Waals surface area contributed by atoms with E-state index in [4.69, 9.17) is 22.9 Å². The van der Waals surface area contributed by atoms with Crippen LogP contribution in [-0.4, -0.2) is 164 Å². The number of thioether (sulfide) groups is 1. The van der Waals surface area contributed by atoms with Gasteiger partial charge in [0.2, 0.25) is 65.0 Å². The molecule has 0 spiro atoms. The fourth-order valence-electron chi connectivity index (χ4n) is 7.80. The Labute approximate surface area is 504 Å². The molecule has 11 amide bonds. The van der Waals surface area contributed by atoms with Gasteiger partial charge in [0, 0.05) is 43.2 Å². The number of nitrogens with one attached hydrogen (secondary N) is 7. The lowest BCUT2D eigenvalue weighted by molar-refractivity contribution is -0.388. The largest absolute Gasteiger partial charge is 0.508 e. The van der Waals surface area contributed by atoms with E-state index >= 15 is 0 Å². The molecule has 0 radical (unpaired) electrons. The van der Waals surface area contributed by atoms with E-state index in [9.17, 15) is 68.0 Å². The van der Waals surface area contributed by atoms with E-state index in [1.807, 2.05) is 13.8 Å². The standard InChI is InChI=1S/C43H68N12O12S2.C6H6N2O2S.C3H6.CH4/c1-5-22(4)35(54-40(64)28(50-36(60)25(44)19-68)16-23-8-10-24(56)11-9-23)42(66)49-26(12-13-32(45)57)38(62)51-29(17-33(46)58)39(63)53-30(20-69)43(67)55-14-6-7-31(55)41(65)52-27(15-21(2)3)37(61)48-18-34(47)59;1-11-6-5(8(9)10)3-2-4-7-6;1-2-3-1;/h8-11,21-22,25-31,35,56,68-69H,5-7,12-20,44H2,1-4H3,(H2,45,57)(H2,46,58)(H2,47,59)(H,48,61)(H,49,66)(H,50,60)(H,51,62)(H,52,65)(H,53,63)(H,54,64);2-4H,1H3;1-3H2;1H4/t22-,25-,26?,27-,28?,29-,30?,31-,35-;;;/m0.../s1. The molecule has 9 atom stereocenters. The number of amides is 11. The van der Waals surface area contributed by atoms with E-state index in [-0.39, 0.29) is 62.1 Å². The molecule has 28 nitrogen and oxygen atoms in total. The minimum atomic E-state index is -1.76. The van der Waals surface area contributed by atoms with Crippen LogP contribution in [-0.2, 0) is 59.2 Å². The van der Waals surface area contributed by atoms with Crippen molar-refractivity contribution in [3.8, 4) is 5.75 Å². The Morgan fingerprint density at radius 1 is 0.750 bits per heavy atom. The maximum absolute atomic E-state index is 14.0. The van der Waals surface area contributed by atoms with Crippen LogP contribution in [0.15, 0.2) is 47.6 Å². The summed E-state index contributed by atoms with van der Waals surface area (Å²) in [7, 11) is 0. The molecule has 1 aliphatic carbocycles. The highest BCUT2D eigenvalue weighted by atomic mass is 32.2. The first-order valence-corrected chi connectivity index (χ1v) is 29.3. The molecule has 3 unspecified atom stereocenters. The number of hydrogen-bond donors (Lipinski definition) is 14. The second-order valence-electron chi connectivity index (χ2n) is 20.0. The van der Waals surface area contributed by atoms with Gasteiger partial charge in [0.1, 0.15) is 48.0 Å². The maximum atomic E-state index is 14.0. The summed E-state index contributed by atoms with van der Waals surface area (Å²) in [6.07, 6.45) is 7.13. The molecule has 2 aliphatic rings. The molecular weight excluding hydrogens is 1150 g/mol. The molecule has 1 aromatic carbocycles. The van der Waals surface area contributed by atoms with Crippen LogP contribution in [0.4, 0.5) is 5.69 Å². The van der Waals surface area contributed by atoms with Crippen LogP contribution in [0.5, 0.6) is 5.75 Å². The number of rotatable bonds is 31. The molecule has 16 N–H and O–H groups in total. The van der Waals surface area contributed by atoms with Gasteiger partial charge < -0.3 is 70.2 Å². The molecule has 1 aromatic heterocycles. The van der Waals surface area contributed by atoms with Gasteiger partial charge in [0.15, 0.2) is 5.03 Å². The summed E-state index contributed by atoms with van der Waals surface area (Å²) < 4.78 is 0. The Morgan fingerprint density at radius 2 is 1.33 bits per heavy atom. The van der Waals surface area contributed by atoms with Gasteiger partial charge in [-0.15, -0.1) is 11.8 Å². The average molecular weight is 1240 g/mol. The normalized spacial score (nSPS) is 15.9. The monoisotopic (exact) mass is 1240 g/mol. The molecule has 0 bridgehead atoms. The summed E-state index contributed by atoms with van der Waals surface area (Å²) in [5.74, 6) is -10.5. The number of aromatic nitrogens is 1. The van der Waals surface area contributed by atoms with Crippen molar-refractivity contribution < 1.29 is 62.8 Å². The van der Waals surface area contributed by atoms with Gasteiger partial charge in [-0.2, -0.15) is 25.3 Å². The fourth-order valence-corrected chi connectivity index (χ4v) is 8.73. The van der Waals surface area contributed by atoms with Gasteiger partial charge in [-0.1, -0.05) is 72.9 Å². The number of hydrogen-bond acceptors (Lipinski definition) is 19. The van der Waals surface area contributed by atoms with Gasteiger partial charge in [-0.25, -0.2) is 4.98 Å². The summed E-state index contributed by atoms with van der Waals surface area (Å²) in [6.45, 7) is 6.61. The van der Waals surface area contributed by atoms with Crippen LogP contribution in [0, 0.1) is 22.0 Å². The number of benzene rings is 1. The molecule has 468 valence electrons. The van der Waals surface area contributed by atoms with Crippen molar-refractivity contribution in [1.82, 2.24) is 47.1 Å². The lowest BCUT2D eigenvalue weighted by Gasteiger charge is -2.30. The number of nitrogens with two attached hydrogens (primary N) is 4. The van der Waals surface area contributed by atoms with Crippen LogP contribution < -0.4 is 60.2 Å². The van der Waals surface area contributed by atoms with Crippen LogP contribution in [0.25, 0.3) is 0 Å². The van der Waals surface area contributed by atoms with Crippen molar-refractivity contribution in [2.75, 3.05) is 30.9 Å². The van der Waals surface area contributed by atoms with Crippen molar-refractivity contribution in [2.24, 2.45) is 34.8 Å². The first kappa shape index (κ1) is 74.8. The van der Waals surface area contributed by atoms with Crippen LogP contribution in [0.1, 0.15) is 105 Å². The van der Waals surface area contributed by atoms with E-state index < -0.39 is 150 Å². The number of aromatic hydroxyl groups is 1. The molecule has 31 heteroatoms. The van der Waals surface area contributed by atoms with Crippen molar-refractivity contribution in [2.45, 2.75) is 159 Å². The van der Waals surface area contributed by atoms with Gasteiger partial charge in [-0.3, -0.25) is 62.9 Å². The predicted octanol–water partition coefficient (Wildman–Crippen LogP) is -0.626. The number of nitrogens with zero attached hydrogens (tertiary/aromatic N) is 3. The van der Waals surface area contributed by atoms with Crippen LogP contribution in [0.2, 0.25) is 0 Å². The third-order valence-corrected chi connectivity index (χ3v) is 14.1. The van der Waals surface area contributed by atoms with Crippen molar-refractivity contribution in [3.63, 3.8) is 0 Å². The number of phenols is 1. The number of nitro groups is 1.